The lowest BCUT2D eigenvalue weighted by molar-refractivity contribution is -0.125. The number of hydrogen-bond acceptors (Lipinski definition) is 4. The normalized spacial score (nSPS) is 17.5. The standard InChI is InChI=1S/C18H23N4O2/c1-13-17(12-21-22-13)14-4-2-6-16(10-14)24-9-8-20-18(23)15-5-3-7-19-11-15/h4,6,10,12,15,19H,3,5,7-9,11H2,1H3,(H,20,23)(H,21,22)/t15-/m0/s1. The molecule has 0 saturated carbocycles. The first-order chi connectivity index (χ1) is 11.7. The Morgan fingerprint density at radius 2 is 2.42 bits per heavy atom. The van der Waals surface area contributed by atoms with E-state index in [1.54, 1.807) is 6.07 Å². The largest absolute Gasteiger partial charge is 0.492 e. The van der Waals surface area contributed by atoms with Gasteiger partial charge in [0.25, 0.3) is 0 Å². The Morgan fingerprint density at radius 3 is 3.17 bits per heavy atom. The summed E-state index contributed by atoms with van der Waals surface area (Å²) in [6, 6.07) is 8.75. The van der Waals surface area contributed by atoms with Crippen molar-refractivity contribution in [1.82, 2.24) is 20.8 Å². The molecule has 1 fully saturated rings. The van der Waals surface area contributed by atoms with Crippen LogP contribution in [0, 0.1) is 18.9 Å². The third-order valence-electron chi connectivity index (χ3n) is 4.24. The van der Waals surface area contributed by atoms with Crippen LogP contribution in [0.1, 0.15) is 18.5 Å². The molecule has 0 spiro atoms. The molecule has 0 aliphatic carbocycles. The van der Waals surface area contributed by atoms with Crippen molar-refractivity contribution >= 4 is 5.91 Å². The van der Waals surface area contributed by atoms with Gasteiger partial charge in [-0.1, -0.05) is 0 Å². The fourth-order valence-electron chi connectivity index (χ4n) is 2.90. The molecule has 1 radical (unpaired) electrons. The van der Waals surface area contributed by atoms with Crippen LogP contribution in [0.3, 0.4) is 0 Å². The van der Waals surface area contributed by atoms with Crippen molar-refractivity contribution in [3.05, 3.63) is 36.2 Å². The van der Waals surface area contributed by atoms with Crippen LogP contribution in [0.2, 0.25) is 0 Å². The highest BCUT2D eigenvalue weighted by Crippen LogP contribution is 2.25. The number of nitrogens with zero attached hydrogens (tertiary/aromatic N) is 1. The zero-order valence-corrected chi connectivity index (χ0v) is 13.9. The molecule has 24 heavy (non-hydrogen) atoms. The molecule has 2 aromatic rings. The van der Waals surface area contributed by atoms with E-state index in [1.165, 1.54) is 0 Å². The molecule has 1 aromatic heterocycles. The summed E-state index contributed by atoms with van der Waals surface area (Å²) in [5.74, 6) is 0.932. The molecule has 0 bridgehead atoms. The summed E-state index contributed by atoms with van der Waals surface area (Å²) in [5, 5.41) is 13.2. The Balaban J connectivity index is 1.47. The number of carbonyl (C=O) groups is 1. The number of H-pyrrole nitrogens is 1. The Bertz CT molecular complexity index is 677. The second-order valence-corrected chi connectivity index (χ2v) is 6.02. The number of piperidine rings is 1. The van der Waals surface area contributed by atoms with E-state index in [0.717, 1.165) is 48.5 Å². The van der Waals surface area contributed by atoms with Gasteiger partial charge in [-0.25, -0.2) is 0 Å². The maximum absolute atomic E-state index is 12.0. The number of ether oxygens (including phenoxy) is 1. The molecule has 1 aliphatic heterocycles. The first kappa shape index (κ1) is 16.5. The van der Waals surface area contributed by atoms with Crippen LogP contribution in [0.5, 0.6) is 5.75 Å². The number of benzene rings is 1. The maximum atomic E-state index is 12.0. The van der Waals surface area contributed by atoms with Crippen molar-refractivity contribution in [2.45, 2.75) is 19.8 Å². The molecule has 1 atom stereocenters. The summed E-state index contributed by atoms with van der Waals surface area (Å²) in [7, 11) is 0. The van der Waals surface area contributed by atoms with Gasteiger partial charge < -0.3 is 15.4 Å². The van der Waals surface area contributed by atoms with E-state index in [2.05, 4.69) is 26.9 Å². The number of aromatic amines is 1. The minimum absolute atomic E-state index is 0.0828. The smallest absolute Gasteiger partial charge is 0.224 e. The number of hydrogen-bond donors (Lipinski definition) is 3. The average Bonchev–Trinajstić information content (AvgIpc) is 3.05. The molecule has 1 aromatic carbocycles. The van der Waals surface area contributed by atoms with E-state index in [4.69, 9.17) is 4.74 Å². The van der Waals surface area contributed by atoms with Crippen molar-refractivity contribution in [2.24, 2.45) is 5.92 Å². The molecule has 1 amide bonds. The number of aromatic nitrogens is 2. The number of amides is 1. The van der Waals surface area contributed by atoms with Gasteiger partial charge in [-0.2, -0.15) is 5.10 Å². The van der Waals surface area contributed by atoms with Crippen LogP contribution in [-0.2, 0) is 4.79 Å². The van der Waals surface area contributed by atoms with Gasteiger partial charge in [0.2, 0.25) is 5.91 Å². The van der Waals surface area contributed by atoms with Crippen LogP contribution in [-0.4, -0.2) is 42.3 Å². The Hall–Kier alpha value is -2.34. The average molecular weight is 327 g/mol. The van der Waals surface area contributed by atoms with Gasteiger partial charge in [0.1, 0.15) is 12.4 Å². The van der Waals surface area contributed by atoms with Crippen molar-refractivity contribution < 1.29 is 9.53 Å². The van der Waals surface area contributed by atoms with Gasteiger partial charge >= 0.3 is 0 Å². The molecule has 1 aliphatic rings. The fraction of sp³-hybridized carbons (Fsp3) is 0.444. The summed E-state index contributed by atoms with van der Waals surface area (Å²) in [4.78, 5) is 12.0. The second kappa shape index (κ2) is 7.97. The molecule has 127 valence electrons. The Morgan fingerprint density at radius 1 is 1.50 bits per heavy atom. The third-order valence-corrected chi connectivity index (χ3v) is 4.24. The molecule has 3 rings (SSSR count). The molecule has 2 heterocycles. The summed E-state index contributed by atoms with van der Waals surface area (Å²) < 4.78 is 5.73. The molecule has 1 saturated heterocycles. The SMILES string of the molecule is Cc1n[nH]cc1-c1c[c]cc(OCCNC(=O)[C@H]2CCCNC2)c1. The fourth-order valence-corrected chi connectivity index (χ4v) is 2.90. The van der Waals surface area contributed by atoms with Crippen molar-refractivity contribution in [3.63, 3.8) is 0 Å². The van der Waals surface area contributed by atoms with Crippen LogP contribution >= 0.6 is 0 Å². The predicted octanol–water partition coefficient (Wildman–Crippen LogP) is 1.68. The van der Waals surface area contributed by atoms with Crippen molar-refractivity contribution in [1.29, 1.82) is 0 Å². The number of rotatable bonds is 6. The summed E-state index contributed by atoms with van der Waals surface area (Å²) in [5.41, 5.74) is 2.99. The first-order valence-electron chi connectivity index (χ1n) is 8.37. The summed E-state index contributed by atoms with van der Waals surface area (Å²) in [6.07, 6.45) is 3.88. The lowest BCUT2D eigenvalue weighted by Crippen LogP contribution is -2.41. The van der Waals surface area contributed by atoms with E-state index < -0.39 is 0 Å². The van der Waals surface area contributed by atoms with Gasteiger partial charge in [0, 0.05) is 18.3 Å². The highest BCUT2D eigenvalue weighted by molar-refractivity contribution is 5.78. The predicted molar refractivity (Wildman–Crippen MR) is 91.7 cm³/mol. The van der Waals surface area contributed by atoms with Gasteiger partial charge in [-0.15, -0.1) is 0 Å². The quantitative estimate of drug-likeness (QED) is 0.705. The zero-order chi connectivity index (χ0) is 16.8. The van der Waals surface area contributed by atoms with Gasteiger partial charge in [0.15, 0.2) is 0 Å². The molecule has 6 nitrogen and oxygen atoms in total. The lowest BCUT2D eigenvalue weighted by atomic mass is 9.99. The van der Waals surface area contributed by atoms with Gasteiger partial charge in [0.05, 0.1) is 18.2 Å². The topological polar surface area (TPSA) is 79.0 Å². The van der Waals surface area contributed by atoms with E-state index >= 15 is 0 Å². The lowest BCUT2D eigenvalue weighted by Gasteiger charge is -2.21. The van der Waals surface area contributed by atoms with Crippen LogP contribution < -0.4 is 15.4 Å². The minimum atomic E-state index is 0.0828. The number of carbonyl (C=O) groups excluding carboxylic acids is 1. The van der Waals surface area contributed by atoms with Crippen molar-refractivity contribution in [2.75, 3.05) is 26.2 Å². The molecule has 6 heteroatoms. The minimum Gasteiger partial charge on any atom is -0.492 e. The zero-order valence-electron chi connectivity index (χ0n) is 13.9. The highest BCUT2D eigenvalue weighted by atomic mass is 16.5. The third kappa shape index (κ3) is 4.14. The molecular formula is C18H23N4O2. The van der Waals surface area contributed by atoms with Crippen LogP contribution in [0.4, 0.5) is 0 Å². The van der Waals surface area contributed by atoms with Crippen LogP contribution in [0.25, 0.3) is 11.1 Å². The monoisotopic (exact) mass is 327 g/mol. The highest BCUT2D eigenvalue weighted by Gasteiger charge is 2.20. The van der Waals surface area contributed by atoms with Gasteiger partial charge in [-0.3, -0.25) is 9.89 Å². The van der Waals surface area contributed by atoms with E-state index in [-0.39, 0.29) is 11.8 Å². The Labute approximate surface area is 142 Å². The van der Waals surface area contributed by atoms with E-state index in [1.807, 2.05) is 25.3 Å². The maximum Gasteiger partial charge on any atom is 0.224 e. The summed E-state index contributed by atoms with van der Waals surface area (Å²) >= 11 is 0. The number of aryl methyl sites for hydroxylation is 1. The van der Waals surface area contributed by atoms with Crippen LogP contribution in [0.15, 0.2) is 24.4 Å². The van der Waals surface area contributed by atoms with Crippen molar-refractivity contribution in [3.8, 4) is 16.9 Å². The molecule has 0 unspecified atom stereocenters. The molecular weight excluding hydrogens is 304 g/mol. The second-order valence-electron chi connectivity index (χ2n) is 6.02. The molecule has 3 N–H and O–H groups in total. The first-order valence-corrected chi connectivity index (χ1v) is 8.37. The summed E-state index contributed by atoms with van der Waals surface area (Å²) in [6.45, 7) is 4.68. The van der Waals surface area contributed by atoms with E-state index in [9.17, 15) is 4.79 Å². The van der Waals surface area contributed by atoms with E-state index in [0.29, 0.717) is 13.2 Å². The van der Waals surface area contributed by atoms with Gasteiger partial charge in [-0.05, 0) is 56.1 Å². The Kier molecular flexibility index (Phi) is 5.48. The number of nitrogens with one attached hydrogen (secondary N) is 3.